The molecule has 0 aromatic carbocycles. The average Bonchev–Trinajstić information content (AvgIpc) is 1.99. The van der Waals surface area contributed by atoms with Gasteiger partial charge in [0.2, 0.25) is 0 Å². The van der Waals surface area contributed by atoms with Crippen LogP contribution in [-0.4, -0.2) is 16.1 Å². The number of aromatic nitrogens is 1. The third-order valence-electron chi connectivity index (χ3n) is 2.58. The lowest BCUT2D eigenvalue weighted by molar-refractivity contribution is 0.0696. The van der Waals surface area contributed by atoms with Crippen molar-refractivity contribution in [1.29, 1.82) is 0 Å². The number of carboxylic acids is 1. The highest BCUT2D eigenvalue weighted by molar-refractivity contribution is 9.10. The van der Waals surface area contributed by atoms with E-state index in [1.54, 1.807) is 6.07 Å². The van der Waals surface area contributed by atoms with Gasteiger partial charge in [-0.05, 0) is 40.9 Å². The Bertz CT molecular complexity index is 374. The minimum atomic E-state index is -0.895. The molecule has 0 amide bonds. The number of rotatable bonds is 2. The molecule has 1 aliphatic rings. The Kier molecular flexibility index (Phi) is 2.54. The second-order valence-corrected chi connectivity index (χ2v) is 4.35. The van der Waals surface area contributed by atoms with Crippen LogP contribution in [0.25, 0.3) is 0 Å². The number of aromatic carboxylic acids is 1. The molecule has 0 atom stereocenters. The normalized spacial score (nSPS) is 16.4. The number of hydrogen-bond donors (Lipinski definition) is 1. The third kappa shape index (κ3) is 1.80. The Balaban J connectivity index is 2.35. The molecule has 4 heteroatoms. The molecule has 0 spiro atoms. The molecule has 1 saturated carbocycles. The summed E-state index contributed by atoms with van der Waals surface area (Å²) >= 11 is 3.23. The van der Waals surface area contributed by atoms with Gasteiger partial charge in [0, 0.05) is 11.6 Å². The molecule has 0 saturated heterocycles. The van der Waals surface area contributed by atoms with Crippen molar-refractivity contribution in [3.05, 3.63) is 28.0 Å². The zero-order valence-corrected chi connectivity index (χ0v) is 9.12. The van der Waals surface area contributed by atoms with Crippen molar-refractivity contribution in [3.8, 4) is 0 Å². The Hall–Kier alpha value is -0.900. The van der Waals surface area contributed by atoms with E-state index in [0.29, 0.717) is 16.1 Å². The van der Waals surface area contributed by atoms with Gasteiger partial charge < -0.3 is 5.11 Å². The third-order valence-corrected chi connectivity index (χ3v) is 2.99. The van der Waals surface area contributed by atoms with Crippen LogP contribution in [0.2, 0.25) is 0 Å². The number of nitrogens with zero attached hydrogens (tertiary/aromatic N) is 1. The summed E-state index contributed by atoms with van der Waals surface area (Å²) < 4.78 is 0.610. The zero-order valence-electron chi connectivity index (χ0n) is 7.53. The maximum absolute atomic E-state index is 10.8. The van der Waals surface area contributed by atoms with Crippen LogP contribution in [0.4, 0.5) is 0 Å². The topological polar surface area (TPSA) is 50.2 Å². The molecular weight excluding hydrogens is 246 g/mol. The maximum atomic E-state index is 10.8. The van der Waals surface area contributed by atoms with E-state index in [9.17, 15) is 4.79 Å². The Morgan fingerprint density at radius 3 is 2.71 bits per heavy atom. The molecule has 0 bridgehead atoms. The summed E-state index contributed by atoms with van der Waals surface area (Å²) in [5.41, 5.74) is 1.22. The highest BCUT2D eigenvalue weighted by Gasteiger charge is 2.22. The minimum absolute atomic E-state index is 0.314. The number of pyridine rings is 1. The van der Waals surface area contributed by atoms with Crippen LogP contribution in [0.3, 0.4) is 0 Å². The molecule has 0 radical (unpaired) electrons. The first-order chi connectivity index (χ1) is 6.66. The molecule has 3 nitrogen and oxygen atoms in total. The molecule has 1 aromatic rings. The van der Waals surface area contributed by atoms with Crippen LogP contribution in [0.5, 0.6) is 0 Å². The second-order valence-electron chi connectivity index (χ2n) is 3.54. The van der Waals surface area contributed by atoms with E-state index in [-0.39, 0.29) is 0 Å². The molecule has 1 fully saturated rings. The van der Waals surface area contributed by atoms with E-state index in [2.05, 4.69) is 20.9 Å². The van der Waals surface area contributed by atoms with Gasteiger partial charge in [-0.3, -0.25) is 0 Å². The van der Waals surface area contributed by atoms with Crippen molar-refractivity contribution in [2.24, 2.45) is 0 Å². The van der Waals surface area contributed by atoms with Crippen LogP contribution in [0, 0.1) is 0 Å². The molecule has 14 heavy (non-hydrogen) atoms. The van der Waals surface area contributed by atoms with Gasteiger partial charge in [-0.25, -0.2) is 9.78 Å². The van der Waals surface area contributed by atoms with Gasteiger partial charge in [0.15, 0.2) is 0 Å². The molecule has 74 valence electrons. The van der Waals surface area contributed by atoms with Crippen LogP contribution in [0.1, 0.15) is 41.2 Å². The van der Waals surface area contributed by atoms with Gasteiger partial charge in [0.1, 0.15) is 4.60 Å². The minimum Gasteiger partial charge on any atom is -0.478 e. The van der Waals surface area contributed by atoms with Crippen LogP contribution in [0.15, 0.2) is 16.7 Å². The fourth-order valence-corrected chi connectivity index (χ4v) is 2.01. The predicted molar refractivity (Wildman–Crippen MR) is 55.5 cm³/mol. The summed E-state index contributed by atoms with van der Waals surface area (Å²) in [5, 5.41) is 8.86. The summed E-state index contributed by atoms with van der Waals surface area (Å²) in [6.45, 7) is 0. The van der Waals surface area contributed by atoms with Crippen molar-refractivity contribution < 1.29 is 9.90 Å². The summed E-state index contributed by atoms with van der Waals surface area (Å²) in [4.78, 5) is 15.1. The maximum Gasteiger partial charge on any atom is 0.335 e. The summed E-state index contributed by atoms with van der Waals surface area (Å²) in [6, 6.07) is 3.21. The van der Waals surface area contributed by atoms with Crippen molar-refractivity contribution >= 4 is 21.9 Å². The Morgan fingerprint density at radius 2 is 2.21 bits per heavy atom. The largest absolute Gasteiger partial charge is 0.478 e. The quantitative estimate of drug-likeness (QED) is 0.827. The van der Waals surface area contributed by atoms with Gasteiger partial charge in [0.05, 0.1) is 5.56 Å². The van der Waals surface area contributed by atoms with E-state index in [4.69, 9.17) is 5.11 Å². The van der Waals surface area contributed by atoms with Crippen LogP contribution >= 0.6 is 15.9 Å². The van der Waals surface area contributed by atoms with E-state index in [0.717, 1.165) is 18.5 Å². The lowest BCUT2D eigenvalue weighted by atomic mass is 9.82. The van der Waals surface area contributed by atoms with Gasteiger partial charge in [-0.1, -0.05) is 6.42 Å². The van der Waals surface area contributed by atoms with Crippen molar-refractivity contribution in [2.75, 3.05) is 0 Å². The lowest BCUT2D eigenvalue weighted by Crippen LogP contribution is -2.12. The Labute approximate surface area is 90.3 Å². The predicted octanol–water partition coefficient (Wildman–Crippen LogP) is 2.81. The first-order valence-electron chi connectivity index (χ1n) is 4.57. The standard InChI is InChI=1S/C10H10BrNO2/c11-9-5-7(10(13)14)4-8(12-9)6-2-1-3-6/h4-6H,1-3H2,(H,13,14). The van der Waals surface area contributed by atoms with Crippen LogP contribution < -0.4 is 0 Å². The highest BCUT2D eigenvalue weighted by Crippen LogP contribution is 2.36. The van der Waals surface area contributed by atoms with Crippen LogP contribution in [-0.2, 0) is 0 Å². The van der Waals surface area contributed by atoms with E-state index in [1.165, 1.54) is 12.5 Å². The van der Waals surface area contributed by atoms with Crippen molar-refractivity contribution in [1.82, 2.24) is 4.98 Å². The first kappa shape index (κ1) is 9.65. The molecule has 1 aromatic heterocycles. The molecule has 1 N–H and O–H groups in total. The van der Waals surface area contributed by atoms with Gasteiger partial charge in [-0.2, -0.15) is 0 Å². The molecular formula is C10H10BrNO2. The van der Waals surface area contributed by atoms with E-state index < -0.39 is 5.97 Å². The van der Waals surface area contributed by atoms with Crippen molar-refractivity contribution in [3.63, 3.8) is 0 Å². The second kappa shape index (κ2) is 3.69. The summed E-state index contributed by atoms with van der Waals surface area (Å²) in [6.07, 6.45) is 3.48. The number of hydrogen-bond acceptors (Lipinski definition) is 2. The zero-order chi connectivity index (χ0) is 10.1. The highest BCUT2D eigenvalue weighted by atomic mass is 79.9. The van der Waals surface area contributed by atoms with Gasteiger partial charge in [-0.15, -0.1) is 0 Å². The smallest absolute Gasteiger partial charge is 0.335 e. The van der Waals surface area contributed by atoms with E-state index in [1.807, 2.05) is 0 Å². The molecule has 1 heterocycles. The summed E-state index contributed by atoms with van der Waals surface area (Å²) in [7, 11) is 0. The Morgan fingerprint density at radius 1 is 1.50 bits per heavy atom. The van der Waals surface area contributed by atoms with E-state index >= 15 is 0 Å². The SMILES string of the molecule is O=C(O)c1cc(Br)nc(C2CCC2)c1. The molecule has 1 aliphatic carbocycles. The fourth-order valence-electron chi connectivity index (χ4n) is 1.55. The molecule has 2 rings (SSSR count). The monoisotopic (exact) mass is 255 g/mol. The average molecular weight is 256 g/mol. The van der Waals surface area contributed by atoms with Gasteiger partial charge in [0.25, 0.3) is 0 Å². The molecule has 0 unspecified atom stereocenters. The summed E-state index contributed by atoms with van der Waals surface area (Å²) in [5.74, 6) is -0.431. The van der Waals surface area contributed by atoms with Crippen molar-refractivity contribution in [2.45, 2.75) is 25.2 Å². The fraction of sp³-hybridized carbons (Fsp3) is 0.400. The van der Waals surface area contributed by atoms with Gasteiger partial charge >= 0.3 is 5.97 Å². The number of carboxylic acid groups (broad SMARTS) is 1. The molecule has 0 aliphatic heterocycles. The number of carbonyl (C=O) groups is 1. The first-order valence-corrected chi connectivity index (χ1v) is 5.37. The number of halogens is 1. The lowest BCUT2D eigenvalue weighted by Gasteiger charge is -2.24.